The molecule has 2 amide bonds. The lowest BCUT2D eigenvalue weighted by atomic mass is 9.57. The Morgan fingerprint density at radius 1 is 1.07 bits per heavy atom. The maximum absolute atomic E-state index is 13.7. The first-order valence-electron chi connectivity index (χ1n) is 15.2. The molecule has 3 aliphatic rings. The van der Waals surface area contributed by atoms with E-state index < -0.39 is 24.9 Å². The molecule has 1 aliphatic carbocycles. The second-order valence-electron chi connectivity index (χ2n) is 12.1. The molecule has 2 heterocycles. The van der Waals surface area contributed by atoms with Gasteiger partial charge in [0.25, 0.3) is 0 Å². The number of aliphatic carboxylic acids is 1. The molecule has 0 unspecified atom stereocenters. The molecule has 1 aromatic carbocycles. The average Bonchev–Trinajstić information content (AvgIpc) is 3.16. The quantitative estimate of drug-likeness (QED) is 0.126. The summed E-state index contributed by atoms with van der Waals surface area (Å²) in [7, 11) is -0.996. The largest absolute Gasteiger partial charge is 0.508 e. The third kappa shape index (κ3) is 7.30. The SMILES string of the molecule is CCC/C(=C\c1ccc(O)cc1)CC[C@H]1OB(O)C[C@H]2C1=C(C(C)C)C[C@H]1C(=O)N(CCCCCC(=O)O)C(=O)[C@H]12. The van der Waals surface area contributed by atoms with Crippen LogP contribution < -0.4 is 0 Å². The van der Waals surface area contributed by atoms with Crippen LogP contribution in [0.15, 0.2) is 41.0 Å². The van der Waals surface area contributed by atoms with Crippen molar-refractivity contribution in [3.63, 3.8) is 0 Å². The van der Waals surface area contributed by atoms with Gasteiger partial charge in [0.2, 0.25) is 11.8 Å². The Balaban J connectivity index is 1.54. The number of allylic oxidation sites excluding steroid dienone is 2. The van der Waals surface area contributed by atoms with Crippen molar-refractivity contribution in [3.8, 4) is 5.75 Å². The van der Waals surface area contributed by atoms with Crippen LogP contribution in [0.2, 0.25) is 6.32 Å². The molecule has 3 N–H and O–H groups in total. The summed E-state index contributed by atoms with van der Waals surface area (Å²) >= 11 is 0. The van der Waals surface area contributed by atoms with E-state index in [1.54, 1.807) is 12.1 Å². The van der Waals surface area contributed by atoms with Crippen LogP contribution in [0.4, 0.5) is 0 Å². The van der Waals surface area contributed by atoms with E-state index in [1.165, 1.54) is 16.0 Å². The molecule has 2 saturated heterocycles. The number of amides is 2. The number of hydrogen-bond acceptors (Lipinski definition) is 6. The van der Waals surface area contributed by atoms with E-state index in [0.717, 1.165) is 30.4 Å². The highest BCUT2D eigenvalue weighted by molar-refractivity contribution is 6.43. The number of hydrogen-bond donors (Lipinski definition) is 3. The molecule has 41 heavy (non-hydrogen) atoms. The van der Waals surface area contributed by atoms with Crippen molar-refractivity contribution in [3.05, 3.63) is 46.5 Å². The summed E-state index contributed by atoms with van der Waals surface area (Å²) in [6.07, 6.45) is 7.89. The first-order chi connectivity index (χ1) is 19.6. The molecule has 2 fully saturated rings. The van der Waals surface area contributed by atoms with Crippen LogP contribution in [0, 0.1) is 23.7 Å². The Morgan fingerprint density at radius 3 is 2.46 bits per heavy atom. The monoisotopic (exact) mass is 565 g/mol. The van der Waals surface area contributed by atoms with Gasteiger partial charge in [0, 0.05) is 13.0 Å². The number of carboxylic acids is 1. The van der Waals surface area contributed by atoms with Crippen molar-refractivity contribution >= 4 is 31.0 Å². The molecule has 9 heteroatoms. The zero-order chi connectivity index (χ0) is 29.7. The lowest BCUT2D eigenvalue weighted by Gasteiger charge is -2.44. The molecule has 1 aromatic rings. The van der Waals surface area contributed by atoms with E-state index >= 15 is 0 Å². The first-order valence-corrected chi connectivity index (χ1v) is 15.2. The third-order valence-electron chi connectivity index (χ3n) is 8.87. The van der Waals surface area contributed by atoms with Gasteiger partial charge in [0.05, 0.1) is 17.9 Å². The molecule has 2 aliphatic heterocycles. The number of imide groups is 1. The van der Waals surface area contributed by atoms with E-state index in [1.807, 2.05) is 12.1 Å². The number of carbonyl (C=O) groups is 3. The number of phenolic OH excluding ortho intramolecular Hbond substituents is 1. The third-order valence-corrected chi connectivity index (χ3v) is 8.87. The number of carbonyl (C=O) groups excluding carboxylic acids is 2. The van der Waals surface area contributed by atoms with Crippen LogP contribution in [0.3, 0.4) is 0 Å². The molecular formula is C32H44BNO7. The van der Waals surface area contributed by atoms with Crippen LogP contribution in [0.1, 0.15) is 84.1 Å². The highest BCUT2D eigenvalue weighted by atomic mass is 16.5. The maximum Gasteiger partial charge on any atom is 0.455 e. The summed E-state index contributed by atoms with van der Waals surface area (Å²) in [5, 5.41) is 29.3. The molecule has 0 saturated carbocycles. The van der Waals surface area contributed by atoms with Gasteiger partial charge in [-0.25, -0.2) is 0 Å². The van der Waals surface area contributed by atoms with Gasteiger partial charge in [-0.05, 0) is 80.0 Å². The van der Waals surface area contributed by atoms with E-state index in [9.17, 15) is 24.5 Å². The lowest BCUT2D eigenvalue weighted by Crippen LogP contribution is -2.46. The molecular weight excluding hydrogens is 521 g/mol. The topological polar surface area (TPSA) is 124 Å². The Morgan fingerprint density at radius 2 is 1.80 bits per heavy atom. The number of phenols is 1. The summed E-state index contributed by atoms with van der Waals surface area (Å²) in [6, 6.07) is 7.14. The molecule has 8 nitrogen and oxygen atoms in total. The number of benzene rings is 1. The Kier molecular flexibility index (Phi) is 10.5. The number of unbranched alkanes of at least 4 members (excludes halogenated alkanes) is 2. The van der Waals surface area contributed by atoms with Crippen LogP contribution in [0.5, 0.6) is 5.75 Å². The standard InChI is InChI=1S/C32H44BNO7/c1-4-8-21(17-22-10-13-23(35)14-11-22)12-15-27-29-24(20(2)3)18-25-30(26(29)19-33(40)41-27)32(39)34(31(25)38)16-7-5-6-9-28(36)37/h10-11,13-14,17,20,25-27,30,35,40H,4-9,12,15-16,18-19H2,1-3H3,(H,36,37)/b21-17+/t25-,26+,27-,30-/m1/s1. The number of fused-ring (bicyclic) bond motifs is 3. The van der Waals surface area contributed by atoms with Gasteiger partial charge in [-0.15, -0.1) is 0 Å². The van der Waals surface area contributed by atoms with Crippen molar-refractivity contribution < 1.29 is 34.3 Å². The molecule has 4 rings (SSSR count). The van der Waals surface area contributed by atoms with Gasteiger partial charge in [0.15, 0.2) is 0 Å². The van der Waals surface area contributed by atoms with Crippen LogP contribution in [-0.2, 0) is 19.0 Å². The second kappa shape index (κ2) is 13.8. The second-order valence-corrected chi connectivity index (χ2v) is 12.1. The van der Waals surface area contributed by atoms with Crippen molar-refractivity contribution in [2.24, 2.45) is 23.7 Å². The normalized spacial score (nSPS) is 24.8. The molecule has 0 aromatic heterocycles. The smallest absolute Gasteiger partial charge is 0.455 e. The summed E-state index contributed by atoms with van der Waals surface area (Å²) in [6.45, 7) is 6.70. The summed E-state index contributed by atoms with van der Waals surface area (Å²) in [5.74, 6) is -1.84. The molecule has 0 radical (unpaired) electrons. The van der Waals surface area contributed by atoms with Crippen molar-refractivity contribution in [1.82, 2.24) is 4.90 Å². The minimum absolute atomic E-state index is 0.0869. The van der Waals surface area contributed by atoms with Gasteiger partial charge in [-0.3, -0.25) is 19.3 Å². The fraction of sp³-hybridized carbons (Fsp3) is 0.594. The first kappa shape index (κ1) is 31.0. The number of aromatic hydroxyl groups is 1. The van der Waals surface area contributed by atoms with Crippen LogP contribution in [0.25, 0.3) is 6.08 Å². The molecule has 0 spiro atoms. The van der Waals surface area contributed by atoms with E-state index in [0.29, 0.717) is 45.0 Å². The molecule has 4 atom stereocenters. The van der Waals surface area contributed by atoms with Crippen LogP contribution >= 0.6 is 0 Å². The fourth-order valence-corrected chi connectivity index (χ4v) is 6.97. The van der Waals surface area contributed by atoms with Gasteiger partial charge < -0.3 is 19.9 Å². The van der Waals surface area contributed by atoms with Gasteiger partial charge >= 0.3 is 13.1 Å². The van der Waals surface area contributed by atoms with Crippen molar-refractivity contribution in [2.45, 2.75) is 91.0 Å². The Bertz CT molecular complexity index is 1170. The number of likely N-dealkylation sites (tertiary alicyclic amines) is 1. The highest BCUT2D eigenvalue weighted by Gasteiger charge is 2.57. The number of carboxylic acid groups (broad SMARTS) is 1. The van der Waals surface area contributed by atoms with E-state index in [-0.39, 0.29) is 41.9 Å². The molecule has 0 bridgehead atoms. The zero-order valence-electron chi connectivity index (χ0n) is 24.6. The Labute approximate surface area is 243 Å². The zero-order valence-corrected chi connectivity index (χ0v) is 24.6. The Hall–Kier alpha value is -2.91. The van der Waals surface area contributed by atoms with Gasteiger partial charge in [-0.2, -0.15) is 0 Å². The minimum atomic E-state index is -0.996. The van der Waals surface area contributed by atoms with E-state index in [4.69, 9.17) is 9.76 Å². The van der Waals surface area contributed by atoms with Gasteiger partial charge in [0.1, 0.15) is 5.75 Å². The van der Waals surface area contributed by atoms with Crippen LogP contribution in [-0.4, -0.2) is 57.7 Å². The fourth-order valence-electron chi connectivity index (χ4n) is 6.97. The lowest BCUT2D eigenvalue weighted by molar-refractivity contribution is -0.141. The summed E-state index contributed by atoms with van der Waals surface area (Å²) < 4.78 is 6.16. The summed E-state index contributed by atoms with van der Waals surface area (Å²) in [5.41, 5.74) is 4.57. The van der Waals surface area contributed by atoms with Crippen molar-refractivity contribution in [2.75, 3.05) is 6.54 Å². The highest BCUT2D eigenvalue weighted by Crippen LogP contribution is 2.52. The predicted octanol–water partition coefficient (Wildman–Crippen LogP) is 5.45. The molecule has 222 valence electrons. The average molecular weight is 566 g/mol. The maximum atomic E-state index is 13.7. The van der Waals surface area contributed by atoms with Gasteiger partial charge in [-0.1, -0.05) is 63.0 Å². The summed E-state index contributed by atoms with van der Waals surface area (Å²) in [4.78, 5) is 39.4. The van der Waals surface area contributed by atoms with E-state index in [2.05, 4.69) is 26.8 Å². The number of rotatable bonds is 13. The minimum Gasteiger partial charge on any atom is -0.508 e. The number of nitrogens with zero attached hydrogens (tertiary/aromatic N) is 1. The van der Waals surface area contributed by atoms with Crippen molar-refractivity contribution in [1.29, 1.82) is 0 Å². The predicted molar refractivity (Wildman–Crippen MR) is 158 cm³/mol.